The van der Waals surface area contributed by atoms with Crippen LogP contribution in [0.5, 0.6) is 5.88 Å². The maximum Gasteiger partial charge on any atom is 0.417 e. The van der Waals surface area contributed by atoms with E-state index in [1.54, 1.807) is 19.2 Å². The first-order valence-corrected chi connectivity index (χ1v) is 7.73. The van der Waals surface area contributed by atoms with Gasteiger partial charge in [-0.05, 0) is 23.8 Å². The molecule has 10 heteroatoms. The zero-order valence-corrected chi connectivity index (χ0v) is 16.7. The van der Waals surface area contributed by atoms with Gasteiger partial charge in [0.15, 0.2) is 5.96 Å². The normalized spacial score (nSPS) is 11.5. The number of ether oxygens (including phenoxy) is 1. The van der Waals surface area contributed by atoms with Crippen molar-refractivity contribution < 1.29 is 22.3 Å². The van der Waals surface area contributed by atoms with Gasteiger partial charge in [0.05, 0.1) is 12.1 Å². The summed E-state index contributed by atoms with van der Waals surface area (Å²) >= 11 is 0. The van der Waals surface area contributed by atoms with Crippen LogP contribution in [0.3, 0.4) is 0 Å². The van der Waals surface area contributed by atoms with Crippen molar-refractivity contribution in [1.29, 1.82) is 0 Å². The summed E-state index contributed by atoms with van der Waals surface area (Å²) in [7, 11) is 1.60. The van der Waals surface area contributed by atoms with Crippen LogP contribution in [-0.4, -0.2) is 31.1 Å². The van der Waals surface area contributed by atoms with Gasteiger partial charge >= 0.3 is 6.18 Å². The van der Waals surface area contributed by atoms with Crippen LogP contribution in [0, 0.1) is 5.82 Å². The minimum atomic E-state index is -4.42. The van der Waals surface area contributed by atoms with E-state index in [0.29, 0.717) is 19.0 Å². The summed E-state index contributed by atoms with van der Waals surface area (Å²) in [5.41, 5.74) is 0.0629. The fourth-order valence-electron chi connectivity index (χ4n) is 1.97. The lowest BCUT2D eigenvalue weighted by molar-refractivity contribution is -0.137. The molecule has 0 radical (unpaired) electrons. The van der Waals surface area contributed by atoms with Crippen molar-refractivity contribution in [3.05, 3.63) is 59.5 Å². The highest BCUT2D eigenvalue weighted by Crippen LogP contribution is 2.29. The Kier molecular flexibility index (Phi) is 9.26. The molecule has 1 aromatic heterocycles. The van der Waals surface area contributed by atoms with Gasteiger partial charge in [-0.15, -0.1) is 24.0 Å². The second-order valence-electron chi connectivity index (χ2n) is 5.21. The molecule has 2 rings (SSSR count). The highest BCUT2D eigenvalue weighted by atomic mass is 127. The van der Waals surface area contributed by atoms with Gasteiger partial charge in [0.1, 0.15) is 12.4 Å². The predicted octanol–water partition coefficient (Wildman–Crippen LogP) is 3.60. The third-order valence-corrected chi connectivity index (χ3v) is 3.30. The Morgan fingerprint density at radius 2 is 1.81 bits per heavy atom. The molecule has 0 atom stereocenters. The first-order chi connectivity index (χ1) is 12.4. The number of aliphatic imine (C=N–C) groups is 1. The highest BCUT2D eigenvalue weighted by molar-refractivity contribution is 14.0. The van der Waals surface area contributed by atoms with Crippen LogP contribution in [0.15, 0.2) is 47.6 Å². The number of aromatic nitrogens is 1. The van der Waals surface area contributed by atoms with Crippen molar-refractivity contribution in [3.8, 4) is 5.88 Å². The molecule has 2 N–H and O–H groups in total. The van der Waals surface area contributed by atoms with Crippen molar-refractivity contribution >= 4 is 29.9 Å². The lowest BCUT2D eigenvalue weighted by Crippen LogP contribution is -2.38. The highest BCUT2D eigenvalue weighted by Gasteiger charge is 2.30. The van der Waals surface area contributed by atoms with Crippen LogP contribution >= 0.6 is 24.0 Å². The molecule has 1 heterocycles. The quantitative estimate of drug-likeness (QED) is 0.210. The number of benzene rings is 1. The van der Waals surface area contributed by atoms with Crippen LogP contribution in [-0.2, 0) is 12.7 Å². The molecular weight excluding hydrogens is 479 g/mol. The summed E-state index contributed by atoms with van der Waals surface area (Å²) in [6.07, 6.45) is -3.69. The second-order valence-corrected chi connectivity index (χ2v) is 5.21. The Hall–Kier alpha value is -2.11. The average molecular weight is 498 g/mol. The maximum absolute atomic E-state index is 12.8. The van der Waals surface area contributed by atoms with E-state index in [0.717, 1.165) is 17.8 Å². The molecule has 0 aliphatic carbocycles. The molecule has 0 fully saturated rings. The van der Waals surface area contributed by atoms with E-state index < -0.39 is 11.7 Å². The maximum atomic E-state index is 12.8. The SMILES string of the molecule is CN=C(NCCOc1ccc(C(F)(F)F)cn1)NCc1ccc(F)cc1.I. The van der Waals surface area contributed by atoms with Crippen molar-refractivity contribution in [2.45, 2.75) is 12.7 Å². The molecule has 5 nitrogen and oxygen atoms in total. The fraction of sp³-hybridized carbons (Fsp3) is 0.294. The van der Waals surface area contributed by atoms with Crippen LogP contribution < -0.4 is 15.4 Å². The summed E-state index contributed by atoms with van der Waals surface area (Å²) < 4.78 is 55.4. The van der Waals surface area contributed by atoms with E-state index in [1.165, 1.54) is 18.2 Å². The van der Waals surface area contributed by atoms with E-state index in [-0.39, 0.29) is 42.3 Å². The Bertz CT molecular complexity index is 721. The van der Waals surface area contributed by atoms with Gasteiger partial charge in [-0.3, -0.25) is 4.99 Å². The molecule has 2 aromatic rings. The first kappa shape index (κ1) is 22.9. The van der Waals surface area contributed by atoms with Gasteiger partial charge in [-0.1, -0.05) is 12.1 Å². The van der Waals surface area contributed by atoms with Crippen LogP contribution in [0.1, 0.15) is 11.1 Å². The van der Waals surface area contributed by atoms with Crippen LogP contribution in [0.25, 0.3) is 0 Å². The average Bonchev–Trinajstić information content (AvgIpc) is 2.62. The molecule has 0 bridgehead atoms. The van der Waals surface area contributed by atoms with Crippen molar-refractivity contribution in [2.24, 2.45) is 4.99 Å². The van der Waals surface area contributed by atoms with Crippen molar-refractivity contribution in [1.82, 2.24) is 15.6 Å². The summed E-state index contributed by atoms with van der Waals surface area (Å²) in [4.78, 5) is 7.65. The lowest BCUT2D eigenvalue weighted by Gasteiger charge is -2.12. The second kappa shape index (κ2) is 10.9. The summed E-state index contributed by atoms with van der Waals surface area (Å²) in [5.74, 6) is 0.317. The number of nitrogens with zero attached hydrogens (tertiary/aromatic N) is 2. The van der Waals surface area contributed by atoms with Gasteiger partial charge in [0.2, 0.25) is 5.88 Å². The van der Waals surface area contributed by atoms with Gasteiger partial charge in [0, 0.05) is 25.9 Å². The van der Waals surface area contributed by atoms with Crippen LogP contribution in [0.2, 0.25) is 0 Å². The number of rotatable bonds is 6. The molecule has 0 saturated heterocycles. The standard InChI is InChI=1S/C17H18F4N4O.HI/c1-22-16(25-10-12-2-5-14(18)6-3-12)23-8-9-26-15-7-4-13(11-24-15)17(19,20)21;/h2-7,11H,8-10H2,1H3,(H2,22,23,25);1H. The number of guanidine groups is 1. The number of hydrogen-bond acceptors (Lipinski definition) is 3. The molecule has 27 heavy (non-hydrogen) atoms. The van der Waals surface area contributed by atoms with Gasteiger partial charge in [-0.2, -0.15) is 13.2 Å². The van der Waals surface area contributed by atoms with Gasteiger partial charge < -0.3 is 15.4 Å². The molecule has 0 aliphatic heterocycles. The van der Waals surface area contributed by atoms with Gasteiger partial charge in [0.25, 0.3) is 0 Å². The molecule has 0 unspecified atom stereocenters. The van der Waals surface area contributed by atoms with Gasteiger partial charge in [-0.25, -0.2) is 9.37 Å². The Morgan fingerprint density at radius 3 is 2.37 bits per heavy atom. The molecule has 148 valence electrons. The van der Waals surface area contributed by atoms with E-state index in [1.807, 2.05) is 0 Å². The Morgan fingerprint density at radius 1 is 1.11 bits per heavy atom. The summed E-state index contributed by atoms with van der Waals surface area (Å²) in [6, 6.07) is 8.16. The van der Waals surface area contributed by atoms with Crippen LogP contribution in [0.4, 0.5) is 17.6 Å². The molecule has 0 aliphatic rings. The zero-order chi connectivity index (χ0) is 19.0. The number of nitrogens with one attached hydrogen (secondary N) is 2. The Balaban J connectivity index is 0.00000364. The predicted molar refractivity (Wildman–Crippen MR) is 105 cm³/mol. The smallest absolute Gasteiger partial charge is 0.417 e. The number of alkyl halides is 3. The van der Waals surface area contributed by atoms with E-state index in [4.69, 9.17) is 4.74 Å². The lowest BCUT2D eigenvalue weighted by atomic mass is 10.2. The Labute approximate surface area is 171 Å². The fourth-order valence-corrected chi connectivity index (χ4v) is 1.97. The summed E-state index contributed by atoms with van der Waals surface area (Å²) in [6.45, 7) is 1.02. The molecular formula is C17H19F4IN4O. The first-order valence-electron chi connectivity index (χ1n) is 7.73. The molecule has 1 aromatic carbocycles. The topological polar surface area (TPSA) is 58.5 Å². The zero-order valence-electron chi connectivity index (χ0n) is 14.4. The number of hydrogen-bond donors (Lipinski definition) is 2. The van der Waals surface area contributed by atoms with Crippen molar-refractivity contribution in [2.75, 3.05) is 20.2 Å². The third-order valence-electron chi connectivity index (χ3n) is 3.30. The minimum absolute atomic E-state index is 0. The number of halogens is 5. The van der Waals surface area contributed by atoms with E-state index in [2.05, 4.69) is 20.6 Å². The minimum Gasteiger partial charge on any atom is -0.476 e. The molecule has 0 spiro atoms. The largest absolute Gasteiger partial charge is 0.476 e. The molecule has 0 saturated carbocycles. The molecule has 0 amide bonds. The number of pyridine rings is 1. The summed E-state index contributed by atoms with van der Waals surface area (Å²) in [5, 5.41) is 6.04. The van der Waals surface area contributed by atoms with E-state index in [9.17, 15) is 17.6 Å². The van der Waals surface area contributed by atoms with Crippen molar-refractivity contribution in [3.63, 3.8) is 0 Å². The third kappa shape index (κ3) is 7.97. The monoisotopic (exact) mass is 498 g/mol. The van der Waals surface area contributed by atoms with E-state index >= 15 is 0 Å².